The summed E-state index contributed by atoms with van der Waals surface area (Å²) >= 11 is 0. The fourth-order valence-electron chi connectivity index (χ4n) is 8.68. The molecule has 0 aliphatic carbocycles. The van der Waals surface area contributed by atoms with Gasteiger partial charge in [0.05, 0.1) is 22.4 Å². The minimum atomic E-state index is 0.889. The standard InChI is InChI=1S/C54H36N2O/c1-4-17-37(18-5-1)38-33-35-41(36-34-38)55(40-21-8-3-9-22-40)49-30-16-31-50-52(49)47-24-10-12-29-48(47)56(50)53-42(39-19-6-2-7-20-39)25-14-26-44(53)46-28-15-27-45-43-23-11-13-32-51(43)57-54(45)46/h1-36H. The number of benzene rings is 9. The van der Waals surface area contributed by atoms with Crippen molar-refractivity contribution in [3.05, 3.63) is 218 Å². The van der Waals surface area contributed by atoms with Crippen LogP contribution in [0.15, 0.2) is 223 Å². The third kappa shape index (κ3) is 5.43. The van der Waals surface area contributed by atoms with Crippen LogP contribution in [0, 0.1) is 0 Å². The van der Waals surface area contributed by atoms with Gasteiger partial charge < -0.3 is 13.9 Å². The van der Waals surface area contributed by atoms with Gasteiger partial charge in [0, 0.05) is 49.6 Å². The van der Waals surface area contributed by atoms with Crippen LogP contribution in [-0.4, -0.2) is 4.57 Å². The summed E-state index contributed by atoms with van der Waals surface area (Å²) in [6, 6.07) is 78.0. The molecule has 9 aromatic carbocycles. The molecule has 0 amide bonds. The first-order chi connectivity index (χ1) is 28.3. The number of nitrogens with zero attached hydrogens (tertiary/aromatic N) is 2. The van der Waals surface area contributed by atoms with E-state index in [2.05, 4.69) is 222 Å². The van der Waals surface area contributed by atoms with E-state index in [4.69, 9.17) is 4.42 Å². The quantitative estimate of drug-likeness (QED) is 0.163. The highest BCUT2D eigenvalue weighted by Gasteiger charge is 2.25. The van der Waals surface area contributed by atoms with Crippen molar-refractivity contribution >= 4 is 60.8 Å². The highest BCUT2D eigenvalue weighted by Crippen LogP contribution is 2.48. The monoisotopic (exact) mass is 728 g/mol. The minimum Gasteiger partial charge on any atom is -0.455 e. The maximum Gasteiger partial charge on any atom is 0.143 e. The van der Waals surface area contributed by atoms with E-state index in [0.29, 0.717) is 0 Å². The predicted molar refractivity (Wildman–Crippen MR) is 239 cm³/mol. The van der Waals surface area contributed by atoms with E-state index in [-0.39, 0.29) is 0 Å². The van der Waals surface area contributed by atoms with Crippen molar-refractivity contribution in [1.29, 1.82) is 0 Å². The molecule has 0 saturated carbocycles. The summed E-state index contributed by atoms with van der Waals surface area (Å²) in [5.74, 6) is 0. The lowest BCUT2D eigenvalue weighted by molar-refractivity contribution is 0.670. The normalized spacial score (nSPS) is 11.5. The fourth-order valence-corrected chi connectivity index (χ4v) is 8.68. The van der Waals surface area contributed by atoms with Crippen LogP contribution >= 0.6 is 0 Å². The molecule has 11 rings (SSSR count). The van der Waals surface area contributed by atoms with E-state index in [1.165, 1.54) is 21.9 Å². The molecule has 2 heterocycles. The van der Waals surface area contributed by atoms with E-state index >= 15 is 0 Å². The maximum absolute atomic E-state index is 6.70. The summed E-state index contributed by atoms with van der Waals surface area (Å²) in [5, 5.41) is 4.59. The van der Waals surface area contributed by atoms with E-state index in [1.54, 1.807) is 0 Å². The second-order valence-corrected chi connectivity index (χ2v) is 14.5. The summed E-state index contributed by atoms with van der Waals surface area (Å²) in [5.41, 5.74) is 15.3. The van der Waals surface area contributed by atoms with E-state index < -0.39 is 0 Å². The number of hydrogen-bond acceptors (Lipinski definition) is 2. The third-order valence-corrected chi connectivity index (χ3v) is 11.2. The first kappa shape index (κ1) is 32.8. The largest absolute Gasteiger partial charge is 0.455 e. The molecule has 0 N–H and O–H groups in total. The van der Waals surface area contributed by atoms with E-state index in [9.17, 15) is 0 Å². The van der Waals surface area contributed by atoms with Crippen molar-refractivity contribution in [2.45, 2.75) is 0 Å². The second kappa shape index (κ2) is 13.6. The van der Waals surface area contributed by atoms with Crippen LogP contribution < -0.4 is 4.90 Å². The first-order valence-electron chi connectivity index (χ1n) is 19.4. The number of para-hydroxylation sites is 5. The van der Waals surface area contributed by atoms with Crippen molar-refractivity contribution in [2.24, 2.45) is 0 Å². The van der Waals surface area contributed by atoms with Crippen molar-refractivity contribution in [2.75, 3.05) is 4.90 Å². The summed E-state index contributed by atoms with van der Waals surface area (Å²) in [4.78, 5) is 2.40. The number of furan rings is 1. The van der Waals surface area contributed by atoms with Crippen LogP contribution in [0.2, 0.25) is 0 Å². The summed E-state index contributed by atoms with van der Waals surface area (Å²) in [7, 11) is 0. The van der Waals surface area contributed by atoms with Crippen LogP contribution in [0.5, 0.6) is 0 Å². The maximum atomic E-state index is 6.70. The van der Waals surface area contributed by atoms with Gasteiger partial charge in [-0.25, -0.2) is 0 Å². The molecule has 0 radical (unpaired) electrons. The van der Waals surface area contributed by atoms with E-state index in [1.807, 2.05) is 6.07 Å². The average molecular weight is 729 g/mol. The first-order valence-corrected chi connectivity index (χ1v) is 19.4. The predicted octanol–water partition coefficient (Wildman–Crippen LogP) is 15.2. The van der Waals surface area contributed by atoms with Gasteiger partial charge in [0.25, 0.3) is 0 Å². The topological polar surface area (TPSA) is 21.3 Å². The molecule has 57 heavy (non-hydrogen) atoms. The Bertz CT molecular complexity index is 3220. The highest BCUT2D eigenvalue weighted by molar-refractivity contribution is 6.18. The van der Waals surface area contributed by atoms with Crippen LogP contribution in [0.1, 0.15) is 0 Å². The van der Waals surface area contributed by atoms with Crippen molar-refractivity contribution in [3.8, 4) is 39.1 Å². The number of rotatable bonds is 7. The number of aromatic nitrogens is 1. The second-order valence-electron chi connectivity index (χ2n) is 14.5. The van der Waals surface area contributed by atoms with Gasteiger partial charge in [-0.3, -0.25) is 0 Å². The Labute approximate surface area is 330 Å². The van der Waals surface area contributed by atoms with Crippen molar-refractivity contribution in [3.63, 3.8) is 0 Å². The Balaban J connectivity index is 1.21. The Morgan fingerprint density at radius 3 is 1.68 bits per heavy atom. The molecular weight excluding hydrogens is 693 g/mol. The van der Waals surface area contributed by atoms with Gasteiger partial charge in [0.1, 0.15) is 11.2 Å². The summed E-state index contributed by atoms with van der Waals surface area (Å²) < 4.78 is 9.18. The van der Waals surface area contributed by atoms with Gasteiger partial charge >= 0.3 is 0 Å². The van der Waals surface area contributed by atoms with E-state index in [0.717, 1.165) is 78.0 Å². The van der Waals surface area contributed by atoms with Crippen molar-refractivity contribution < 1.29 is 4.42 Å². The number of hydrogen-bond donors (Lipinski definition) is 0. The van der Waals surface area contributed by atoms with Gasteiger partial charge in [-0.05, 0) is 65.2 Å². The molecule has 268 valence electrons. The molecule has 0 atom stereocenters. The van der Waals surface area contributed by atoms with Gasteiger partial charge in [-0.15, -0.1) is 0 Å². The Morgan fingerprint density at radius 2 is 0.895 bits per heavy atom. The lowest BCUT2D eigenvalue weighted by Crippen LogP contribution is -2.10. The van der Waals surface area contributed by atoms with Gasteiger partial charge in [-0.2, -0.15) is 0 Å². The smallest absolute Gasteiger partial charge is 0.143 e. The molecule has 11 aromatic rings. The fraction of sp³-hybridized carbons (Fsp3) is 0. The molecule has 3 nitrogen and oxygen atoms in total. The molecule has 0 fully saturated rings. The highest BCUT2D eigenvalue weighted by atomic mass is 16.3. The molecular formula is C54H36N2O. The third-order valence-electron chi connectivity index (χ3n) is 11.2. The molecule has 0 bridgehead atoms. The molecule has 3 heteroatoms. The number of fused-ring (bicyclic) bond motifs is 6. The minimum absolute atomic E-state index is 0.889. The zero-order chi connectivity index (χ0) is 37.7. The molecule has 0 aliphatic rings. The zero-order valence-electron chi connectivity index (χ0n) is 31.1. The van der Waals surface area contributed by atoms with Gasteiger partial charge in [0.15, 0.2) is 0 Å². The van der Waals surface area contributed by atoms with Crippen LogP contribution in [-0.2, 0) is 0 Å². The van der Waals surface area contributed by atoms with Crippen LogP contribution in [0.4, 0.5) is 17.1 Å². The summed E-state index contributed by atoms with van der Waals surface area (Å²) in [6.07, 6.45) is 0. The van der Waals surface area contributed by atoms with Gasteiger partial charge in [0.2, 0.25) is 0 Å². The van der Waals surface area contributed by atoms with Gasteiger partial charge in [-0.1, -0.05) is 170 Å². The Kier molecular flexibility index (Phi) is 7.82. The molecule has 0 saturated heterocycles. The molecule has 0 unspecified atom stereocenters. The molecule has 0 spiro atoms. The molecule has 0 aliphatic heterocycles. The number of anilines is 3. The lowest BCUT2D eigenvalue weighted by atomic mass is 9.94. The molecule has 2 aromatic heterocycles. The zero-order valence-corrected chi connectivity index (χ0v) is 31.1. The average Bonchev–Trinajstić information content (AvgIpc) is 3.84. The van der Waals surface area contributed by atoms with Crippen molar-refractivity contribution in [1.82, 2.24) is 4.57 Å². The van der Waals surface area contributed by atoms with Crippen LogP contribution in [0.25, 0.3) is 82.8 Å². The Hall–Kier alpha value is -7.62. The SMILES string of the molecule is c1ccc(-c2ccc(N(c3ccccc3)c3cccc4c3c3ccccc3n4-c3c(-c4ccccc4)cccc3-c3cccc4c3oc3ccccc34)cc2)cc1. The lowest BCUT2D eigenvalue weighted by Gasteiger charge is -2.27. The Morgan fingerprint density at radius 1 is 0.351 bits per heavy atom. The summed E-state index contributed by atoms with van der Waals surface area (Å²) in [6.45, 7) is 0. The van der Waals surface area contributed by atoms with Crippen LogP contribution in [0.3, 0.4) is 0 Å².